The van der Waals surface area contributed by atoms with Crippen molar-refractivity contribution in [2.24, 2.45) is 0 Å². The second-order valence-electron chi connectivity index (χ2n) is 6.86. The third-order valence-electron chi connectivity index (χ3n) is 4.10. The molecule has 2 N–H and O–H groups in total. The van der Waals surface area contributed by atoms with Crippen LogP contribution in [0, 0.1) is 6.92 Å². The van der Waals surface area contributed by atoms with Crippen molar-refractivity contribution < 1.29 is 64.2 Å². The van der Waals surface area contributed by atoms with E-state index in [-0.39, 0.29) is 62.8 Å². The van der Waals surface area contributed by atoms with E-state index < -0.39 is 17.7 Å². The first-order chi connectivity index (χ1) is 12.5. The molecular formula is C21H24Cu2O6. The summed E-state index contributed by atoms with van der Waals surface area (Å²) >= 11 is 0. The third kappa shape index (κ3) is 7.75. The number of carbonyl (C=O) groups is 2. The van der Waals surface area contributed by atoms with Crippen LogP contribution in [-0.2, 0) is 34.1 Å². The van der Waals surface area contributed by atoms with Gasteiger partial charge in [-0.05, 0) is 36.5 Å². The SMILES string of the molecule is CC(C)c1cc(C(=O)O)c([O-])c(C(C)C)c1.Cc1cccc(C(=O)O)c1[O-].[Cu+].[Cu+]. The number of aryl methyl sites for hydroxylation is 1. The Morgan fingerprint density at radius 3 is 1.72 bits per heavy atom. The summed E-state index contributed by atoms with van der Waals surface area (Å²) in [7, 11) is 0. The third-order valence-corrected chi connectivity index (χ3v) is 4.10. The van der Waals surface area contributed by atoms with Crippen LogP contribution in [0.3, 0.4) is 0 Å². The van der Waals surface area contributed by atoms with Crippen molar-refractivity contribution in [2.75, 3.05) is 0 Å². The first-order valence-electron chi connectivity index (χ1n) is 8.55. The summed E-state index contributed by atoms with van der Waals surface area (Å²) in [5.74, 6) is -2.81. The van der Waals surface area contributed by atoms with Gasteiger partial charge in [-0.15, -0.1) is 0 Å². The van der Waals surface area contributed by atoms with Crippen LogP contribution in [0.1, 0.15) is 76.9 Å². The molecule has 0 heterocycles. The Balaban J connectivity index is 0. The van der Waals surface area contributed by atoms with E-state index in [1.54, 1.807) is 19.1 Å². The average Bonchev–Trinajstić information content (AvgIpc) is 2.57. The van der Waals surface area contributed by atoms with Gasteiger partial charge >= 0.3 is 46.1 Å². The van der Waals surface area contributed by atoms with E-state index >= 15 is 0 Å². The number of hydrogen-bond acceptors (Lipinski definition) is 4. The molecule has 0 saturated carbocycles. The molecule has 0 aliphatic rings. The average molecular weight is 500 g/mol. The Morgan fingerprint density at radius 1 is 0.828 bits per heavy atom. The molecule has 8 heteroatoms. The van der Waals surface area contributed by atoms with E-state index in [0.29, 0.717) is 11.1 Å². The maximum atomic E-state index is 11.8. The Kier molecular flexibility index (Phi) is 12.6. The van der Waals surface area contributed by atoms with Gasteiger partial charge in [0.15, 0.2) is 0 Å². The molecule has 0 aliphatic carbocycles. The summed E-state index contributed by atoms with van der Waals surface area (Å²) in [5, 5.41) is 40.3. The zero-order chi connectivity index (χ0) is 20.9. The Hall–Kier alpha value is -1.98. The van der Waals surface area contributed by atoms with Crippen molar-refractivity contribution >= 4 is 11.9 Å². The number of rotatable bonds is 4. The molecule has 0 spiro atoms. The Bertz CT molecular complexity index is 847. The second kappa shape index (κ2) is 12.6. The summed E-state index contributed by atoms with van der Waals surface area (Å²) < 4.78 is 0. The largest absolute Gasteiger partial charge is 1.00 e. The van der Waals surface area contributed by atoms with Crippen LogP contribution in [0.15, 0.2) is 30.3 Å². The molecule has 2 aromatic rings. The van der Waals surface area contributed by atoms with Gasteiger partial charge in [0, 0.05) is 0 Å². The molecule has 0 radical (unpaired) electrons. The molecule has 2 rings (SSSR count). The molecule has 2 aromatic carbocycles. The van der Waals surface area contributed by atoms with Gasteiger partial charge in [-0.1, -0.05) is 68.5 Å². The minimum absolute atomic E-state index is 0. The maximum absolute atomic E-state index is 11.8. The topological polar surface area (TPSA) is 121 Å². The fraction of sp³-hybridized carbons (Fsp3) is 0.333. The van der Waals surface area contributed by atoms with Crippen molar-refractivity contribution in [2.45, 2.75) is 46.5 Å². The molecule has 0 unspecified atom stereocenters. The van der Waals surface area contributed by atoms with E-state index in [1.807, 2.05) is 33.8 Å². The molecule has 0 atom stereocenters. The van der Waals surface area contributed by atoms with Crippen LogP contribution >= 0.6 is 0 Å². The fourth-order valence-corrected chi connectivity index (χ4v) is 2.42. The van der Waals surface area contributed by atoms with Crippen molar-refractivity contribution in [1.82, 2.24) is 0 Å². The summed E-state index contributed by atoms with van der Waals surface area (Å²) in [6, 6.07) is 7.76. The summed E-state index contributed by atoms with van der Waals surface area (Å²) in [5.41, 5.74) is 1.68. The van der Waals surface area contributed by atoms with Crippen molar-refractivity contribution in [1.29, 1.82) is 0 Å². The number of aromatic carboxylic acids is 2. The summed E-state index contributed by atoms with van der Waals surface area (Å²) in [4.78, 5) is 21.3. The molecule has 166 valence electrons. The molecule has 0 amide bonds. The van der Waals surface area contributed by atoms with Crippen LogP contribution in [0.2, 0.25) is 0 Å². The standard InChI is InChI=1S/C13H18O3.C8H8O3.2Cu/c1-7(2)9-5-10(8(3)4)12(14)11(6-9)13(15)16;1-5-3-2-4-6(7(5)9)8(10)11;;/h5-8,14H,1-4H3,(H,15,16);2-4,9H,1H3,(H,10,11);;/q;;2*+1/p-2. The molecule has 29 heavy (non-hydrogen) atoms. The molecule has 0 bridgehead atoms. The number of carboxylic acid groups (broad SMARTS) is 2. The zero-order valence-electron chi connectivity index (χ0n) is 16.7. The number of carboxylic acids is 2. The maximum Gasteiger partial charge on any atom is 1.00 e. The number of para-hydroxylation sites is 1. The van der Waals surface area contributed by atoms with Crippen LogP contribution in [0.5, 0.6) is 11.5 Å². The first kappa shape index (κ1) is 29.2. The molecular weight excluding hydrogens is 475 g/mol. The Morgan fingerprint density at radius 2 is 1.34 bits per heavy atom. The monoisotopic (exact) mass is 498 g/mol. The minimum atomic E-state index is -1.17. The van der Waals surface area contributed by atoms with Gasteiger partial charge in [0.1, 0.15) is 0 Å². The van der Waals surface area contributed by atoms with E-state index in [0.717, 1.165) is 5.56 Å². The van der Waals surface area contributed by atoms with Crippen LogP contribution in [0.25, 0.3) is 0 Å². The van der Waals surface area contributed by atoms with E-state index in [9.17, 15) is 19.8 Å². The quantitative estimate of drug-likeness (QED) is 0.622. The normalized spacial score (nSPS) is 9.76. The zero-order valence-corrected chi connectivity index (χ0v) is 18.6. The second-order valence-corrected chi connectivity index (χ2v) is 6.86. The van der Waals surface area contributed by atoms with Crippen LogP contribution in [0.4, 0.5) is 0 Å². The van der Waals surface area contributed by atoms with Crippen molar-refractivity contribution in [3.05, 3.63) is 58.1 Å². The van der Waals surface area contributed by atoms with E-state index in [4.69, 9.17) is 10.2 Å². The first-order valence-corrected chi connectivity index (χ1v) is 8.55. The van der Waals surface area contributed by atoms with Gasteiger partial charge in [0.25, 0.3) is 0 Å². The predicted molar refractivity (Wildman–Crippen MR) is 98.6 cm³/mol. The predicted octanol–water partition coefficient (Wildman–Crippen LogP) is 3.47. The fourth-order valence-electron chi connectivity index (χ4n) is 2.42. The molecule has 0 aliphatic heterocycles. The van der Waals surface area contributed by atoms with E-state index in [1.165, 1.54) is 12.1 Å². The molecule has 0 aromatic heterocycles. The van der Waals surface area contributed by atoms with E-state index in [2.05, 4.69) is 0 Å². The molecule has 0 fully saturated rings. The van der Waals surface area contributed by atoms with Gasteiger partial charge < -0.3 is 20.4 Å². The van der Waals surface area contributed by atoms with Gasteiger partial charge in [0.2, 0.25) is 0 Å². The van der Waals surface area contributed by atoms with Gasteiger partial charge in [0.05, 0.1) is 11.1 Å². The van der Waals surface area contributed by atoms with Crippen molar-refractivity contribution in [3.63, 3.8) is 0 Å². The number of benzene rings is 2. The molecule has 6 nitrogen and oxygen atoms in total. The van der Waals surface area contributed by atoms with Crippen LogP contribution in [-0.4, -0.2) is 22.2 Å². The smallest absolute Gasteiger partial charge is 0.872 e. The number of hydrogen-bond donors (Lipinski definition) is 2. The summed E-state index contributed by atoms with van der Waals surface area (Å²) in [6.07, 6.45) is 0. The minimum Gasteiger partial charge on any atom is -0.872 e. The van der Waals surface area contributed by atoms with Crippen molar-refractivity contribution in [3.8, 4) is 11.5 Å². The summed E-state index contributed by atoms with van der Waals surface area (Å²) in [6.45, 7) is 9.35. The van der Waals surface area contributed by atoms with Gasteiger partial charge in [-0.25, -0.2) is 9.59 Å². The van der Waals surface area contributed by atoms with Gasteiger partial charge in [-0.2, -0.15) is 0 Å². The van der Waals surface area contributed by atoms with Gasteiger partial charge in [-0.3, -0.25) is 0 Å². The molecule has 0 saturated heterocycles. The van der Waals surface area contributed by atoms with Crippen LogP contribution < -0.4 is 10.2 Å². The Labute approximate surface area is 191 Å².